The molecule has 0 saturated heterocycles. The summed E-state index contributed by atoms with van der Waals surface area (Å²) >= 11 is 0. The highest BCUT2D eigenvalue weighted by Gasteiger charge is 2.54. The summed E-state index contributed by atoms with van der Waals surface area (Å²) in [7, 11) is -6.31. The Morgan fingerprint density at radius 2 is 0.618 bits per heavy atom. The first kappa shape index (κ1) is 83.5. The van der Waals surface area contributed by atoms with Gasteiger partial charge in [-0.1, -0.05) is 237 Å². The minimum absolute atomic E-state index is 0.0742. The molecule has 0 amide bonds. The number of sulfonamides is 2. The number of methoxy groups -OCH3 is 4. The van der Waals surface area contributed by atoms with E-state index in [4.69, 9.17) is 27.8 Å². The minimum atomic E-state index is -3.72. The predicted molar refractivity (Wildman–Crippen MR) is 450 cm³/mol. The zero-order valence-corrected chi connectivity index (χ0v) is 70.7. The van der Waals surface area contributed by atoms with E-state index in [0.29, 0.717) is 26.1 Å². The zero-order chi connectivity index (χ0) is 78.8. The lowest BCUT2D eigenvalue weighted by atomic mass is 9.65. The number of hydrogen-bond donors (Lipinski definition) is 2. The fourth-order valence-corrected chi connectivity index (χ4v) is 30.0. The second-order valence-electron chi connectivity index (χ2n) is 33.2. The van der Waals surface area contributed by atoms with Gasteiger partial charge in [0.15, 0.2) is 0 Å². The van der Waals surface area contributed by atoms with Crippen molar-refractivity contribution in [2.75, 3.05) is 41.7 Å². The third-order valence-corrected chi connectivity index (χ3v) is 39.5. The Bertz CT molecular complexity index is 4070. The van der Waals surface area contributed by atoms with Crippen molar-refractivity contribution >= 4 is 57.4 Å². The standard InChI is InChI=1S/2C46H59NO6SSi/c2*1-33(34(2)54(49,50)47(30-35-18-23-40(51-6)24-19-35)31-36-20-25-41(52-7)26-21-36)38-28-39(29-38)45(48)44-27-22-37(44)32-53-55(46(3,4)5,42-14-10-8-11-15-42)43-16-12-9-13-17-43/h2*8-21,23-26,28,33-34,37-38,44-45,48H,22,27,29-32H2,1-7H3/t33-,34-,37+,38+,44-,45+;33-,34-,37+,38+,44-,45-/m11/s1. The number of ether oxygens (including phenoxy) is 4. The fourth-order valence-electron chi connectivity index (χ4n) is 17.0. The van der Waals surface area contributed by atoms with Crippen molar-refractivity contribution in [2.45, 2.75) is 167 Å². The molecule has 110 heavy (non-hydrogen) atoms. The Morgan fingerprint density at radius 3 is 0.818 bits per heavy atom. The molecular formula is C92H118N2O12S2Si2. The molecular weight excluding hydrogens is 1450 g/mol. The summed E-state index contributed by atoms with van der Waals surface area (Å²) in [4.78, 5) is 0. The van der Waals surface area contributed by atoms with Gasteiger partial charge in [-0.15, -0.1) is 0 Å². The summed E-state index contributed by atoms with van der Waals surface area (Å²) in [5, 5.41) is 27.0. The molecule has 0 bridgehead atoms. The second kappa shape index (κ2) is 36.1. The summed E-state index contributed by atoms with van der Waals surface area (Å²) in [5.74, 6) is 3.57. The van der Waals surface area contributed by atoms with E-state index in [0.717, 1.165) is 82.1 Å². The molecule has 2 N–H and O–H groups in total. The minimum Gasteiger partial charge on any atom is -0.497 e. The molecule has 0 radical (unpaired) electrons. The molecule has 588 valence electrons. The molecule has 0 aromatic heterocycles. The van der Waals surface area contributed by atoms with Crippen LogP contribution in [0.3, 0.4) is 0 Å². The largest absolute Gasteiger partial charge is 0.497 e. The average Bonchev–Trinajstić information content (AvgIpc) is 0.748. The van der Waals surface area contributed by atoms with Crippen molar-refractivity contribution in [1.29, 1.82) is 0 Å². The van der Waals surface area contributed by atoms with E-state index in [2.05, 4.69) is 175 Å². The molecule has 0 spiro atoms. The first-order valence-electron chi connectivity index (χ1n) is 39.3. The second-order valence-corrected chi connectivity index (χ2v) is 46.4. The Kier molecular flexibility index (Phi) is 27.4. The van der Waals surface area contributed by atoms with Gasteiger partial charge in [-0.3, -0.25) is 0 Å². The Balaban J connectivity index is 0.000000218. The number of aliphatic hydroxyl groups excluding tert-OH is 2. The molecule has 12 atom stereocenters. The number of nitrogens with zero attached hydrogens (tertiary/aromatic N) is 2. The molecule has 0 heterocycles. The molecule has 0 aliphatic heterocycles. The number of allylic oxidation sites excluding steroid dienone is 2. The zero-order valence-electron chi connectivity index (χ0n) is 67.0. The Labute approximate surface area is 659 Å². The van der Waals surface area contributed by atoms with Crippen LogP contribution in [-0.2, 0) is 55.1 Å². The van der Waals surface area contributed by atoms with E-state index in [1.165, 1.54) is 20.7 Å². The lowest BCUT2D eigenvalue weighted by Gasteiger charge is -2.48. The first-order valence-corrected chi connectivity index (χ1v) is 46.2. The van der Waals surface area contributed by atoms with Crippen LogP contribution in [0.15, 0.2) is 242 Å². The van der Waals surface area contributed by atoms with E-state index in [1.54, 1.807) is 37.0 Å². The highest BCUT2D eigenvalue weighted by Crippen LogP contribution is 2.49. The van der Waals surface area contributed by atoms with Crippen LogP contribution in [0.5, 0.6) is 23.0 Å². The lowest BCUT2D eigenvalue weighted by molar-refractivity contribution is 0.00399. The highest BCUT2D eigenvalue weighted by atomic mass is 32.2. The molecule has 2 saturated carbocycles. The van der Waals surface area contributed by atoms with Gasteiger partial charge >= 0.3 is 0 Å². The first-order chi connectivity index (χ1) is 52.6. The molecule has 0 unspecified atom stereocenters. The van der Waals surface area contributed by atoms with Crippen LogP contribution >= 0.6 is 0 Å². The number of hydrogen-bond acceptors (Lipinski definition) is 12. The van der Waals surface area contributed by atoms with Crippen LogP contribution in [0.4, 0.5) is 0 Å². The predicted octanol–water partition coefficient (Wildman–Crippen LogP) is 15.9. The van der Waals surface area contributed by atoms with E-state index in [-0.39, 0.29) is 83.6 Å². The molecule has 4 aliphatic rings. The van der Waals surface area contributed by atoms with Gasteiger partial charge < -0.3 is 38.0 Å². The monoisotopic (exact) mass is 1560 g/mol. The van der Waals surface area contributed by atoms with E-state index in [1.807, 2.05) is 125 Å². The van der Waals surface area contributed by atoms with Crippen LogP contribution in [0.1, 0.15) is 130 Å². The van der Waals surface area contributed by atoms with Gasteiger partial charge in [-0.05, 0) is 212 Å². The molecule has 12 rings (SSSR count). The number of benzene rings is 8. The van der Waals surface area contributed by atoms with Gasteiger partial charge in [0.2, 0.25) is 20.0 Å². The normalized spacial score (nSPS) is 20.5. The third-order valence-electron chi connectivity index (χ3n) is 24.7. The maximum absolute atomic E-state index is 14.4. The van der Waals surface area contributed by atoms with Gasteiger partial charge in [0.05, 0.1) is 51.1 Å². The van der Waals surface area contributed by atoms with Crippen LogP contribution < -0.4 is 39.7 Å². The summed E-state index contributed by atoms with van der Waals surface area (Å²) < 4.78 is 96.7. The quantitative estimate of drug-likeness (QED) is 0.0289. The van der Waals surface area contributed by atoms with Crippen molar-refractivity contribution in [3.8, 4) is 23.0 Å². The fraction of sp³-hybridized carbons (Fsp3) is 0.435. The van der Waals surface area contributed by atoms with Gasteiger partial charge in [0, 0.05) is 39.4 Å². The summed E-state index contributed by atoms with van der Waals surface area (Å²) in [6.07, 6.45) is 8.61. The van der Waals surface area contributed by atoms with Gasteiger partial charge in [-0.25, -0.2) is 16.8 Å². The van der Waals surface area contributed by atoms with Crippen LogP contribution in [0, 0.1) is 47.3 Å². The van der Waals surface area contributed by atoms with Crippen molar-refractivity contribution in [3.05, 3.63) is 264 Å². The Hall–Kier alpha value is -7.47. The molecule has 8 aromatic carbocycles. The van der Waals surface area contributed by atoms with Crippen LogP contribution in [0.25, 0.3) is 0 Å². The highest BCUT2D eigenvalue weighted by molar-refractivity contribution is 7.90. The molecule has 14 nitrogen and oxygen atoms in total. The summed E-state index contributed by atoms with van der Waals surface area (Å²) in [6.45, 7) is 23.7. The molecule has 18 heteroatoms. The van der Waals surface area contributed by atoms with Gasteiger partial charge in [0.25, 0.3) is 16.6 Å². The van der Waals surface area contributed by atoms with Crippen molar-refractivity contribution in [2.24, 2.45) is 47.3 Å². The van der Waals surface area contributed by atoms with E-state index >= 15 is 0 Å². The number of aliphatic hydroxyl groups is 2. The van der Waals surface area contributed by atoms with Gasteiger partial charge in [0.1, 0.15) is 23.0 Å². The van der Waals surface area contributed by atoms with E-state index < -0.39 is 59.4 Å². The van der Waals surface area contributed by atoms with Gasteiger partial charge in [-0.2, -0.15) is 8.61 Å². The topological polar surface area (TPSA) is 171 Å². The van der Waals surface area contributed by atoms with Crippen molar-refractivity contribution in [3.63, 3.8) is 0 Å². The lowest BCUT2D eigenvalue weighted by Crippen LogP contribution is -2.67. The smallest absolute Gasteiger partial charge is 0.261 e. The maximum atomic E-state index is 14.4. The van der Waals surface area contributed by atoms with Crippen LogP contribution in [-0.4, -0.2) is 117 Å². The average molecular weight is 1560 g/mol. The maximum Gasteiger partial charge on any atom is 0.261 e. The summed E-state index contributed by atoms with van der Waals surface area (Å²) in [6, 6.07) is 73.1. The molecule has 2 fully saturated rings. The van der Waals surface area contributed by atoms with Crippen molar-refractivity contribution in [1.82, 2.24) is 8.61 Å². The van der Waals surface area contributed by atoms with E-state index in [9.17, 15) is 27.0 Å². The SMILES string of the molecule is COc1ccc(CN(Cc2ccc(OC)cc2)S(=O)(=O)[C@H](C)[C@@H](C)[C@H]2C=C([C@@H](O)[C@@H]3CC[C@H]3CO[Si](c3ccccc3)(c3ccccc3)C(C)(C)C)C2)cc1.COc1ccc(CN(Cc2ccc(OC)cc2)S(=O)(=O)[C@H](C)[C@@H](C)[C@H]2C=C([C@H](O)[C@@H]3CC[C@H]3CO[Si](c3ccccc3)(c3ccccc3)C(C)(C)C)C2)cc1. The molecule has 4 aliphatic carbocycles. The molecule has 8 aromatic rings. The third kappa shape index (κ3) is 18.4. The van der Waals surface area contributed by atoms with Crippen LogP contribution in [0.2, 0.25) is 10.1 Å². The van der Waals surface area contributed by atoms with Crippen molar-refractivity contribution < 1.29 is 54.8 Å². The summed E-state index contributed by atoms with van der Waals surface area (Å²) in [5.41, 5.74) is 5.63. The Morgan fingerprint density at radius 1 is 0.382 bits per heavy atom. The number of rotatable bonds is 34.